The minimum atomic E-state index is -1.65. The van der Waals surface area contributed by atoms with E-state index in [0.717, 1.165) is 6.08 Å². The summed E-state index contributed by atoms with van der Waals surface area (Å²) in [7, 11) is 0. The second-order valence-corrected chi connectivity index (χ2v) is 2.91. The van der Waals surface area contributed by atoms with Crippen LogP contribution in [0.3, 0.4) is 0 Å². The molecule has 0 radical (unpaired) electrons. The molecule has 1 aliphatic carbocycles. The first kappa shape index (κ1) is 8.07. The first-order valence-electron chi connectivity index (χ1n) is 2.96. The van der Waals surface area contributed by atoms with Gasteiger partial charge in [-0.25, -0.2) is 0 Å². The molecule has 4 nitrogen and oxygen atoms in total. The highest BCUT2D eigenvalue weighted by Gasteiger charge is 2.38. The Morgan fingerprint density at radius 2 is 2.45 bits per heavy atom. The Hall–Kier alpha value is -1.03. The van der Waals surface area contributed by atoms with Crippen LogP contribution in [0.15, 0.2) is 24.0 Å². The smallest absolute Gasteiger partial charge is 0.320 e. The van der Waals surface area contributed by atoms with Gasteiger partial charge in [-0.1, -0.05) is 6.08 Å². The molecule has 0 bridgehead atoms. The van der Waals surface area contributed by atoms with Gasteiger partial charge in [-0.15, -0.1) is 0 Å². The molecule has 0 heterocycles. The highest BCUT2D eigenvalue weighted by Crippen LogP contribution is 2.27. The lowest BCUT2D eigenvalue weighted by atomic mass is 10.1. The molecular formula is C6H6ClNO3. The van der Waals surface area contributed by atoms with Crippen molar-refractivity contribution in [2.45, 2.75) is 11.4 Å². The second kappa shape index (κ2) is 2.54. The van der Waals surface area contributed by atoms with Crippen molar-refractivity contribution >= 4 is 11.6 Å². The van der Waals surface area contributed by atoms with Crippen molar-refractivity contribution in [1.82, 2.24) is 0 Å². The normalized spacial score (nSPS) is 29.7. The van der Waals surface area contributed by atoms with E-state index in [1.165, 1.54) is 12.2 Å². The molecule has 1 atom stereocenters. The van der Waals surface area contributed by atoms with Crippen LogP contribution < -0.4 is 0 Å². The summed E-state index contributed by atoms with van der Waals surface area (Å²) < 4.78 is 0. The number of aliphatic hydroxyl groups is 1. The fourth-order valence-electron chi connectivity index (χ4n) is 0.806. The fourth-order valence-corrected chi connectivity index (χ4v) is 1.01. The minimum absolute atomic E-state index is 0.103. The van der Waals surface area contributed by atoms with E-state index in [1.54, 1.807) is 0 Å². The predicted octanol–water partition coefficient (Wildman–Crippen LogP) is 1.60. The Labute approximate surface area is 67.9 Å². The zero-order valence-corrected chi connectivity index (χ0v) is 6.28. The molecular weight excluding hydrogens is 170 g/mol. The first-order chi connectivity index (χ1) is 5.04. The molecule has 0 saturated carbocycles. The summed E-state index contributed by atoms with van der Waals surface area (Å²) in [4.78, 5) is 8.02. The third-order valence-corrected chi connectivity index (χ3v) is 1.77. The van der Waals surface area contributed by atoms with Gasteiger partial charge in [0.15, 0.2) is 0 Å². The maximum absolute atomic E-state index is 10.3. The number of hydrogen-bond acceptors (Lipinski definition) is 3. The largest absolute Gasteiger partial charge is 0.508 e. The van der Waals surface area contributed by atoms with E-state index in [2.05, 4.69) is 0 Å². The van der Waals surface area contributed by atoms with Gasteiger partial charge >= 0.3 is 5.00 Å². The number of alkyl halides is 1. The van der Waals surface area contributed by atoms with Crippen molar-refractivity contribution in [3.8, 4) is 0 Å². The lowest BCUT2D eigenvalue weighted by molar-refractivity contribution is -0.527. The molecule has 0 aromatic rings. The van der Waals surface area contributed by atoms with Crippen molar-refractivity contribution in [2.75, 3.05) is 0 Å². The molecule has 5 heteroatoms. The standard InChI is InChI=1S/C6H6ClNO3/c7-6(8(10)11)3-1-2-5(9)4-6/h1-2,4,9H,3H2. The Bertz CT molecular complexity index is 248. The van der Waals surface area contributed by atoms with Crippen LogP contribution in [0.25, 0.3) is 0 Å². The Kier molecular flexibility index (Phi) is 1.87. The molecule has 0 aromatic carbocycles. The average Bonchev–Trinajstić information content (AvgIpc) is 1.86. The second-order valence-electron chi connectivity index (χ2n) is 2.25. The number of nitro groups is 1. The van der Waals surface area contributed by atoms with Gasteiger partial charge in [-0.3, -0.25) is 10.1 Å². The number of allylic oxidation sites excluding steroid dienone is 1. The number of hydrogen-bond donors (Lipinski definition) is 1. The number of halogens is 1. The van der Waals surface area contributed by atoms with Gasteiger partial charge in [-0.2, -0.15) is 0 Å². The van der Waals surface area contributed by atoms with Gasteiger partial charge in [0, 0.05) is 4.92 Å². The molecule has 1 unspecified atom stereocenters. The zero-order chi connectivity index (χ0) is 8.48. The van der Waals surface area contributed by atoms with Crippen LogP contribution in [0.1, 0.15) is 6.42 Å². The van der Waals surface area contributed by atoms with Crippen LogP contribution >= 0.6 is 11.6 Å². The van der Waals surface area contributed by atoms with Crippen molar-refractivity contribution in [3.63, 3.8) is 0 Å². The van der Waals surface area contributed by atoms with Crippen LogP contribution in [-0.4, -0.2) is 15.0 Å². The van der Waals surface area contributed by atoms with Crippen molar-refractivity contribution < 1.29 is 10.0 Å². The molecule has 0 saturated heterocycles. The molecule has 11 heavy (non-hydrogen) atoms. The molecule has 0 spiro atoms. The average molecular weight is 176 g/mol. The summed E-state index contributed by atoms with van der Waals surface area (Å²) in [6.07, 6.45) is 3.97. The van der Waals surface area contributed by atoms with Crippen LogP contribution in [0.2, 0.25) is 0 Å². The van der Waals surface area contributed by atoms with Crippen molar-refractivity contribution in [2.24, 2.45) is 0 Å². The van der Waals surface area contributed by atoms with Gasteiger partial charge in [0.25, 0.3) is 0 Å². The number of aliphatic hydroxyl groups excluding tert-OH is 1. The SMILES string of the molecule is O=[N+]([O-])C1(Cl)C=C(O)C=CC1. The van der Waals surface area contributed by atoms with E-state index in [0.29, 0.717) is 0 Å². The number of nitrogens with zero attached hydrogens (tertiary/aromatic N) is 1. The molecule has 1 N–H and O–H groups in total. The summed E-state index contributed by atoms with van der Waals surface area (Å²) >= 11 is 5.52. The quantitative estimate of drug-likeness (QED) is 0.285. The predicted molar refractivity (Wildman–Crippen MR) is 40.0 cm³/mol. The Morgan fingerprint density at radius 3 is 2.82 bits per heavy atom. The highest BCUT2D eigenvalue weighted by atomic mass is 35.5. The monoisotopic (exact) mass is 175 g/mol. The molecule has 0 aromatic heterocycles. The molecule has 0 aliphatic heterocycles. The van der Waals surface area contributed by atoms with E-state index in [-0.39, 0.29) is 12.2 Å². The first-order valence-corrected chi connectivity index (χ1v) is 3.34. The molecule has 1 rings (SSSR count). The maximum Gasteiger partial charge on any atom is 0.320 e. The van der Waals surface area contributed by atoms with Gasteiger partial charge in [0.2, 0.25) is 0 Å². The molecule has 1 aliphatic rings. The van der Waals surface area contributed by atoms with Gasteiger partial charge in [0.1, 0.15) is 5.76 Å². The summed E-state index contributed by atoms with van der Waals surface area (Å²) in [6.45, 7) is 0. The van der Waals surface area contributed by atoms with Gasteiger partial charge in [0.05, 0.1) is 12.5 Å². The van der Waals surface area contributed by atoms with E-state index in [1.807, 2.05) is 0 Å². The van der Waals surface area contributed by atoms with Crippen LogP contribution in [-0.2, 0) is 0 Å². The van der Waals surface area contributed by atoms with E-state index < -0.39 is 9.92 Å². The van der Waals surface area contributed by atoms with E-state index in [9.17, 15) is 10.1 Å². The van der Waals surface area contributed by atoms with Crippen LogP contribution in [0.4, 0.5) is 0 Å². The fraction of sp³-hybridized carbons (Fsp3) is 0.333. The topological polar surface area (TPSA) is 63.4 Å². The zero-order valence-electron chi connectivity index (χ0n) is 5.53. The lowest BCUT2D eigenvalue weighted by Gasteiger charge is -2.14. The van der Waals surface area contributed by atoms with Crippen molar-refractivity contribution in [3.05, 3.63) is 34.1 Å². The Balaban J connectivity index is 2.92. The van der Waals surface area contributed by atoms with E-state index in [4.69, 9.17) is 16.7 Å². The molecule has 0 amide bonds. The summed E-state index contributed by atoms with van der Waals surface area (Å²) in [5.41, 5.74) is 0. The minimum Gasteiger partial charge on any atom is -0.508 e. The van der Waals surface area contributed by atoms with Crippen LogP contribution in [0, 0.1) is 10.1 Å². The van der Waals surface area contributed by atoms with Crippen molar-refractivity contribution in [1.29, 1.82) is 0 Å². The summed E-state index contributed by atoms with van der Waals surface area (Å²) in [5.74, 6) is -0.164. The maximum atomic E-state index is 10.3. The summed E-state index contributed by atoms with van der Waals surface area (Å²) in [5, 5.41) is 19.2. The van der Waals surface area contributed by atoms with Gasteiger partial charge in [-0.05, 0) is 17.7 Å². The third kappa shape index (κ3) is 1.51. The van der Waals surface area contributed by atoms with E-state index >= 15 is 0 Å². The van der Waals surface area contributed by atoms with Crippen LogP contribution in [0.5, 0.6) is 0 Å². The van der Waals surface area contributed by atoms with Gasteiger partial charge < -0.3 is 5.11 Å². The summed E-state index contributed by atoms with van der Waals surface area (Å²) in [6, 6.07) is 0. The third-order valence-electron chi connectivity index (χ3n) is 1.37. The molecule has 60 valence electrons. The molecule has 0 fully saturated rings. The number of rotatable bonds is 1. The lowest BCUT2D eigenvalue weighted by Crippen LogP contribution is -2.30. The highest BCUT2D eigenvalue weighted by molar-refractivity contribution is 6.24. The Morgan fingerprint density at radius 1 is 1.82 bits per heavy atom.